The van der Waals surface area contributed by atoms with Crippen LogP contribution in [-0.4, -0.2) is 42.8 Å². The smallest absolute Gasteiger partial charge is 0.344 e. The highest BCUT2D eigenvalue weighted by atomic mass is 19.1. The van der Waals surface area contributed by atoms with Gasteiger partial charge in [-0.1, -0.05) is 0 Å². The summed E-state index contributed by atoms with van der Waals surface area (Å²) < 4.78 is 37.7. The first-order valence-corrected chi connectivity index (χ1v) is 16.5. The molecule has 8 bridgehead atoms. The highest BCUT2D eigenvalue weighted by molar-refractivity contribution is 5.87. The molecule has 7 nitrogen and oxygen atoms in total. The lowest BCUT2D eigenvalue weighted by molar-refractivity contribution is -0.207. The van der Waals surface area contributed by atoms with E-state index in [-0.39, 0.29) is 17.7 Å². The summed E-state index contributed by atoms with van der Waals surface area (Å²) in [5.41, 5.74) is -0.913. The minimum absolute atomic E-state index is 0.195. The van der Waals surface area contributed by atoms with E-state index in [4.69, 9.17) is 18.9 Å². The van der Waals surface area contributed by atoms with Gasteiger partial charge in [-0.15, -0.1) is 0 Å². The minimum atomic E-state index is -1.19. The Balaban J connectivity index is 1.04. The lowest BCUT2D eigenvalue weighted by Gasteiger charge is -2.59. The second-order valence-corrected chi connectivity index (χ2v) is 15.2. The van der Waals surface area contributed by atoms with Crippen LogP contribution in [0.1, 0.15) is 96.0 Å². The maximum Gasteiger partial charge on any atom is 0.344 e. The van der Waals surface area contributed by atoms with Crippen molar-refractivity contribution < 1.29 is 37.7 Å². The Labute approximate surface area is 253 Å². The van der Waals surface area contributed by atoms with Crippen LogP contribution < -0.4 is 4.74 Å². The zero-order valence-corrected chi connectivity index (χ0v) is 25.6. The van der Waals surface area contributed by atoms with Gasteiger partial charge in [0.15, 0.2) is 6.61 Å². The molecule has 0 aromatic heterocycles. The van der Waals surface area contributed by atoms with E-state index in [1.54, 1.807) is 0 Å². The fraction of sp³-hybridized carbons (Fsp3) is 0.743. The lowest BCUT2D eigenvalue weighted by atomic mass is 9.50. The molecular weight excluding hydrogens is 551 g/mol. The van der Waals surface area contributed by atoms with E-state index in [0.717, 1.165) is 75.0 Å². The maximum atomic E-state index is 14.4. The summed E-state index contributed by atoms with van der Waals surface area (Å²) in [7, 11) is 1.43. The Morgan fingerprint density at radius 2 is 1.23 bits per heavy atom. The maximum absolute atomic E-state index is 14.4. The van der Waals surface area contributed by atoms with Crippen molar-refractivity contribution in [3.8, 4) is 5.75 Å². The lowest BCUT2D eigenvalue weighted by Crippen LogP contribution is -2.58. The van der Waals surface area contributed by atoms with Crippen LogP contribution in [0.15, 0.2) is 18.2 Å². The number of rotatable bonds is 9. The monoisotopic (exact) mass is 596 g/mol. The van der Waals surface area contributed by atoms with Gasteiger partial charge >= 0.3 is 17.9 Å². The zero-order chi connectivity index (χ0) is 30.1. The first kappa shape index (κ1) is 29.1. The number of ether oxygens (including phenoxy) is 4. The van der Waals surface area contributed by atoms with Crippen LogP contribution in [0.25, 0.3) is 0 Å². The molecule has 0 spiro atoms. The van der Waals surface area contributed by atoms with Gasteiger partial charge < -0.3 is 18.9 Å². The molecule has 8 aliphatic rings. The average Bonchev–Trinajstić information content (AvgIpc) is 2.96. The Kier molecular flexibility index (Phi) is 7.28. The molecule has 0 heterocycles. The standard InChI is InChI=1S/C35H45FO7/c1-34(23-8-19-6-20(10-23)11-24(34)9-19)42-31(37)17-29(28-16-27(36)4-5-30(28)40-3)33(39)41-18-32(38)43-35(2)25-12-21-7-22(14-25)15-26(35)13-21/h4-5,16,19-26,29H,6-15,17-18H2,1-3H3. The van der Waals surface area contributed by atoms with Gasteiger partial charge in [0, 0.05) is 5.56 Å². The van der Waals surface area contributed by atoms with Gasteiger partial charge in [-0.2, -0.15) is 0 Å². The summed E-state index contributed by atoms with van der Waals surface area (Å²) in [4.78, 5) is 40.2. The second-order valence-electron chi connectivity index (χ2n) is 15.2. The van der Waals surface area contributed by atoms with E-state index in [2.05, 4.69) is 6.92 Å². The number of benzene rings is 1. The molecule has 8 fully saturated rings. The second kappa shape index (κ2) is 10.8. The third kappa shape index (κ3) is 5.14. The van der Waals surface area contributed by atoms with E-state index in [0.29, 0.717) is 23.7 Å². The Hall–Kier alpha value is -2.64. The fourth-order valence-corrected chi connectivity index (χ4v) is 10.8. The summed E-state index contributed by atoms with van der Waals surface area (Å²) >= 11 is 0. The van der Waals surface area contributed by atoms with Crippen LogP contribution in [0, 0.1) is 53.2 Å². The number of halogens is 1. The molecule has 1 aromatic rings. The van der Waals surface area contributed by atoms with Gasteiger partial charge in [0.25, 0.3) is 0 Å². The highest BCUT2D eigenvalue weighted by Gasteiger charge is 2.58. The molecule has 234 valence electrons. The molecule has 0 saturated heterocycles. The SMILES string of the molecule is COc1ccc(F)cc1C(CC(=O)OC1(C)C2CC3CC(C2)CC1C3)C(=O)OCC(=O)OC1(C)C2CC3CC(C2)CC1C3. The summed E-state index contributed by atoms with van der Waals surface area (Å²) in [6, 6.07) is 3.86. The van der Waals surface area contributed by atoms with E-state index in [1.165, 1.54) is 38.2 Å². The van der Waals surface area contributed by atoms with Crippen molar-refractivity contribution in [3.63, 3.8) is 0 Å². The molecule has 43 heavy (non-hydrogen) atoms. The summed E-state index contributed by atoms with van der Waals surface area (Å²) in [5.74, 6) is 0.823. The van der Waals surface area contributed by atoms with Crippen LogP contribution >= 0.6 is 0 Å². The molecule has 0 radical (unpaired) electrons. The molecule has 0 amide bonds. The van der Waals surface area contributed by atoms with E-state index in [1.807, 2.05) is 6.92 Å². The Morgan fingerprint density at radius 1 is 0.767 bits per heavy atom. The van der Waals surface area contributed by atoms with E-state index >= 15 is 0 Å². The van der Waals surface area contributed by atoms with Crippen molar-refractivity contribution in [1.82, 2.24) is 0 Å². The molecule has 0 N–H and O–H groups in total. The van der Waals surface area contributed by atoms with Gasteiger partial charge in [0.1, 0.15) is 22.8 Å². The van der Waals surface area contributed by atoms with Gasteiger partial charge in [0.05, 0.1) is 19.4 Å². The number of methoxy groups -OCH3 is 1. The molecule has 9 rings (SSSR count). The fourth-order valence-electron chi connectivity index (χ4n) is 10.8. The van der Waals surface area contributed by atoms with Crippen LogP contribution in [-0.2, 0) is 28.6 Å². The number of carbonyl (C=O) groups is 3. The highest BCUT2D eigenvalue weighted by Crippen LogP contribution is 2.60. The largest absolute Gasteiger partial charge is 0.496 e. The predicted octanol–water partition coefficient (Wildman–Crippen LogP) is 6.37. The average molecular weight is 597 g/mol. The molecule has 1 aromatic carbocycles. The topological polar surface area (TPSA) is 88.1 Å². The first-order chi connectivity index (χ1) is 20.5. The normalized spacial score (nSPS) is 40.7. The van der Waals surface area contributed by atoms with Gasteiger partial charge in [-0.05, 0) is 144 Å². The molecule has 8 saturated carbocycles. The Morgan fingerprint density at radius 3 is 1.70 bits per heavy atom. The quantitative estimate of drug-likeness (QED) is 0.242. The molecular formula is C35H45FO7. The van der Waals surface area contributed by atoms with Crippen molar-refractivity contribution in [3.05, 3.63) is 29.6 Å². The summed E-state index contributed by atoms with van der Waals surface area (Å²) in [6.07, 6.45) is 10.9. The van der Waals surface area contributed by atoms with Gasteiger partial charge in [0.2, 0.25) is 0 Å². The number of esters is 3. The number of hydrogen-bond acceptors (Lipinski definition) is 7. The molecule has 1 unspecified atom stereocenters. The van der Waals surface area contributed by atoms with Gasteiger partial charge in [-0.25, -0.2) is 9.18 Å². The van der Waals surface area contributed by atoms with Crippen LogP contribution in [0.4, 0.5) is 4.39 Å². The van der Waals surface area contributed by atoms with Crippen molar-refractivity contribution >= 4 is 17.9 Å². The van der Waals surface area contributed by atoms with Crippen LogP contribution in [0.2, 0.25) is 0 Å². The first-order valence-electron chi connectivity index (χ1n) is 16.5. The van der Waals surface area contributed by atoms with Crippen molar-refractivity contribution in [2.45, 2.75) is 102 Å². The predicted molar refractivity (Wildman–Crippen MR) is 154 cm³/mol. The van der Waals surface area contributed by atoms with Crippen LogP contribution in [0.5, 0.6) is 5.75 Å². The third-order valence-corrected chi connectivity index (χ3v) is 12.7. The Bertz CT molecular complexity index is 1230. The minimum Gasteiger partial charge on any atom is -0.496 e. The van der Waals surface area contributed by atoms with Crippen LogP contribution in [0.3, 0.4) is 0 Å². The number of hydrogen-bond donors (Lipinski definition) is 0. The summed E-state index contributed by atoms with van der Waals surface area (Å²) in [6.45, 7) is 3.53. The van der Waals surface area contributed by atoms with Crippen molar-refractivity contribution in [1.29, 1.82) is 0 Å². The number of carbonyl (C=O) groups excluding carboxylic acids is 3. The van der Waals surface area contributed by atoms with Crippen molar-refractivity contribution in [2.75, 3.05) is 13.7 Å². The molecule has 0 aliphatic heterocycles. The van der Waals surface area contributed by atoms with E-state index in [9.17, 15) is 18.8 Å². The summed E-state index contributed by atoms with van der Waals surface area (Å²) in [5, 5.41) is 0. The zero-order valence-electron chi connectivity index (χ0n) is 25.6. The molecule has 1 atom stereocenters. The molecule has 8 aliphatic carbocycles. The van der Waals surface area contributed by atoms with E-state index < -0.39 is 47.5 Å². The van der Waals surface area contributed by atoms with Crippen molar-refractivity contribution in [2.24, 2.45) is 47.3 Å². The third-order valence-electron chi connectivity index (χ3n) is 12.7. The molecule has 8 heteroatoms. The van der Waals surface area contributed by atoms with Gasteiger partial charge in [-0.3, -0.25) is 9.59 Å².